The van der Waals surface area contributed by atoms with E-state index in [-0.39, 0.29) is 25.3 Å². The van der Waals surface area contributed by atoms with Crippen molar-refractivity contribution < 1.29 is 19.7 Å². The SMILES string of the molecule is CCCCCCC(O)CCCCCC(=O)OCCO. The number of aliphatic hydroxyl groups excluding tert-OH is 2. The van der Waals surface area contributed by atoms with Gasteiger partial charge < -0.3 is 14.9 Å². The summed E-state index contributed by atoms with van der Waals surface area (Å²) in [5, 5.41) is 18.2. The summed E-state index contributed by atoms with van der Waals surface area (Å²) in [4.78, 5) is 11.1. The molecule has 0 rings (SSSR count). The zero-order valence-electron chi connectivity index (χ0n) is 12.3. The standard InChI is InChI=1S/C15H30O4/c1-2-3-4-6-9-14(17)10-7-5-8-11-15(18)19-13-12-16/h14,16-17H,2-13H2,1H3. The molecule has 1 atom stereocenters. The Morgan fingerprint density at radius 2 is 1.68 bits per heavy atom. The summed E-state index contributed by atoms with van der Waals surface area (Å²) in [5.74, 6) is -0.242. The van der Waals surface area contributed by atoms with Crippen LogP contribution in [0.3, 0.4) is 0 Å². The molecule has 0 saturated carbocycles. The Labute approximate surface area is 117 Å². The predicted molar refractivity (Wildman–Crippen MR) is 75.9 cm³/mol. The highest BCUT2D eigenvalue weighted by molar-refractivity contribution is 5.69. The molecule has 2 N–H and O–H groups in total. The first kappa shape index (κ1) is 18.4. The van der Waals surface area contributed by atoms with E-state index in [9.17, 15) is 9.90 Å². The van der Waals surface area contributed by atoms with Crippen LogP contribution < -0.4 is 0 Å². The zero-order valence-corrected chi connectivity index (χ0v) is 12.3. The number of rotatable bonds is 13. The summed E-state index contributed by atoms with van der Waals surface area (Å²) in [6.45, 7) is 2.16. The summed E-state index contributed by atoms with van der Waals surface area (Å²) < 4.78 is 4.76. The number of ether oxygens (including phenoxy) is 1. The van der Waals surface area contributed by atoms with Crippen LogP contribution in [0.5, 0.6) is 0 Å². The van der Waals surface area contributed by atoms with Crippen LogP contribution in [0.2, 0.25) is 0 Å². The van der Waals surface area contributed by atoms with E-state index >= 15 is 0 Å². The number of esters is 1. The van der Waals surface area contributed by atoms with Gasteiger partial charge >= 0.3 is 5.97 Å². The average molecular weight is 274 g/mol. The summed E-state index contributed by atoms with van der Waals surface area (Å²) in [6, 6.07) is 0. The van der Waals surface area contributed by atoms with Gasteiger partial charge in [0.1, 0.15) is 6.61 Å². The van der Waals surface area contributed by atoms with Crippen LogP contribution in [0.25, 0.3) is 0 Å². The van der Waals surface area contributed by atoms with Crippen molar-refractivity contribution in [3.63, 3.8) is 0 Å². The molecule has 0 amide bonds. The Bertz CT molecular complexity index is 206. The second kappa shape index (κ2) is 13.8. The van der Waals surface area contributed by atoms with Crippen molar-refractivity contribution in [3.8, 4) is 0 Å². The van der Waals surface area contributed by atoms with Crippen molar-refractivity contribution in [2.75, 3.05) is 13.2 Å². The molecule has 19 heavy (non-hydrogen) atoms. The fourth-order valence-electron chi connectivity index (χ4n) is 2.01. The highest BCUT2D eigenvalue weighted by atomic mass is 16.5. The molecule has 0 saturated heterocycles. The molecule has 0 aromatic carbocycles. The van der Waals surface area contributed by atoms with Crippen LogP contribution in [-0.4, -0.2) is 35.5 Å². The number of hydrogen-bond donors (Lipinski definition) is 2. The van der Waals surface area contributed by atoms with Gasteiger partial charge in [0.15, 0.2) is 0 Å². The van der Waals surface area contributed by atoms with E-state index in [4.69, 9.17) is 9.84 Å². The lowest BCUT2D eigenvalue weighted by Crippen LogP contribution is -2.08. The molecule has 0 aliphatic rings. The Kier molecular flexibility index (Phi) is 13.4. The van der Waals surface area contributed by atoms with Crippen LogP contribution in [0.15, 0.2) is 0 Å². The summed E-state index contributed by atoms with van der Waals surface area (Å²) in [7, 11) is 0. The predicted octanol–water partition coefficient (Wildman–Crippen LogP) is 2.80. The molecule has 0 spiro atoms. The van der Waals surface area contributed by atoms with Crippen molar-refractivity contribution in [3.05, 3.63) is 0 Å². The third kappa shape index (κ3) is 13.6. The van der Waals surface area contributed by atoms with Crippen molar-refractivity contribution in [2.45, 2.75) is 77.2 Å². The van der Waals surface area contributed by atoms with E-state index in [0.29, 0.717) is 6.42 Å². The average Bonchev–Trinajstić information content (AvgIpc) is 2.41. The molecule has 0 aromatic rings. The van der Waals surface area contributed by atoms with E-state index in [1.54, 1.807) is 0 Å². The van der Waals surface area contributed by atoms with Gasteiger partial charge in [-0.15, -0.1) is 0 Å². The molecule has 0 aliphatic heterocycles. The maximum Gasteiger partial charge on any atom is 0.305 e. The number of carbonyl (C=O) groups is 1. The molecule has 0 aromatic heterocycles. The van der Waals surface area contributed by atoms with E-state index in [0.717, 1.165) is 38.5 Å². The van der Waals surface area contributed by atoms with Gasteiger partial charge in [0.25, 0.3) is 0 Å². The number of hydrogen-bond acceptors (Lipinski definition) is 4. The van der Waals surface area contributed by atoms with E-state index in [1.165, 1.54) is 19.3 Å². The van der Waals surface area contributed by atoms with Gasteiger partial charge in [0.2, 0.25) is 0 Å². The third-order valence-corrected chi connectivity index (χ3v) is 3.16. The van der Waals surface area contributed by atoms with E-state index in [2.05, 4.69) is 6.92 Å². The van der Waals surface area contributed by atoms with Gasteiger partial charge in [-0.1, -0.05) is 45.4 Å². The minimum atomic E-state index is -0.242. The molecule has 4 nitrogen and oxygen atoms in total. The van der Waals surface area contributed by atoms with Crippen molar-refractivity contribution in [2.24, 2.45) is 0 Å². The first-order valence-corrected chi connectivity index (χ1v) is 7.65. The number of aliphatic hydroxyl groups is 2. The van der Waals surface area contributed by atoms with Crippen LogP contribution in [0.4, 0.5) is 0 Å². The number of unbranched alkanes of at least 4 members (excludes halogenated alkanes) is 5. The molecular weight excluding hydrogens is 244 g/mol. The second-order valence-electron chi connectivity index (χ2n) is 5.05. The van der Waals surface area contributed by atoms with Crippen LogP contribution in [0.1, 0.15) is 71.1 Å². The van der Waals surface area contributed by atoms with Crippen molar-refractivity contribution >= 4 is 5.97 Å². The van der Waals surface area contributed by atoms with Gasteiger partial charge in [0.05, 0.1) is 12.7 Å². The Morgan fingerprint density at radius 3 is 2.26 bits per heavy atom. The molecule has 0 aliphatic carbocycles. The molecule has 0 heterocycles. The lowest BCUT2D eigenvalue weighted by Gasteiger charge is -2.09. The second-order valence-corrected chi connectivity index (χ2v) is 5.05. The fraction of sp³-hybridized carbons (Fsp3) is 0.933. The minimum absolute atomic E-state index is 0.0926. The summed E-state index contributed by atoms with van der Waals surface area (Å²) >= 11 is 0. The first-order chi connectivity index (χ1) is 9.20. The third-order valence-electron chi connectivity index (χ3n) is 3.16. The van der Waals surface area contributed by atoms with E-state index < -0.39 is 0 Å². The van der Waals surface area contributed by atoms with Gasteiger partial charge in [0, 0.05) is 6.42 Å². The van der Waals surface area contributed by atoms with Crippen LogP contribution in [-0.2, 0) is 9.53 Å². The maximum atomic E-state index is 11.1. The topological polar surface area (TPSA) is 66.8 Å². The molecule has 0 fully saturated rings. The largest absolute Gasteiger partial charge is 0.463 e. The van der Waals surface area contributed by atoms with Gasteiger partial charge in [-0.05, 0) is 19.3 Å². The first-order valence-electron chi connectivity index (χ1n) is 7.65. The Balaban J connectivity index is 3.26. The van der Waals surface area contributed by atoms with Crippen molar-refractivity contribution in [1.82, 2.24) is 0 Å². The molecule has 4 heteroatoms. The van der Waals surface area contributed by atoms with Gasteiger partial charge in [-0.25, -0.2) is 0 Å². The Morgan fingerprint density at radius 1 is 1.05 bits per heavy atom. The fourth-order valence-corrected chi connectivity index (χ4v) is 2.01. The number of carbonyl (C=O) groups excluding carboxylic acids is 1. The molecular formula is C15H30O4. The molecule has 114 valence electrons. The van der Waals surface area contributed by atoms with Gasteiger partial charge in [-0.3, -0.25) is 4.79 Å². The summed E-state index contributed by atoms with van der Waals surface area (Å²) in [5.41, 5.74) is 0. The normalized spacial score (nSPS) is 12.4. The minimum Gasteiger partial charge on any atom is -0.463 e. The van der Waals surface area contributed by atoms with Crippen LogP contribution in [0, 0.1) is 0 Å². The zero-order chi connectivity index (χ0) is 14.3. The Hall–Kier alpha value is -0.610. The summed E-state index contributed by atoms with van der Waals surface area (Å²) in [6.07, 6.45) is 9.47. The molecule has 1 unspecified atom stereocenters. The molecule has 0 bridgehead atoms. The highest BCUT2D eigenvalue weighted by Gasteiger charge is 2.05. The quantitative estimate of drug-likeness (QED) is 0.400. The van der Waals surface area contributed by atoms with Crippen molar-refractivity contribution in [1.29, 1.82) is 0 Å². The van der Waals surface area contributed by atoms with E-state index in [1.807, 2.05) is 0 Å². The molecule has 0 radical (unpaired) electrons. The smallest absolute Gasteiger partial charge is 0.305 e. The lowest BCUT2D eigenvalue weighted by atomic mass is 10.0. The highest BCUT2D eigenvalue weighted by Crippen LogP contribution is 2.12. The van der Waals surface area contributed by atoms with Crippen LogP contribution >= 0.6 is 0 Å². The maximum absolute atomic E-state index is 11.1. The lowest BCUT2D eigenvalue weighted by molar-refractivity contribution is -0.144. The van der Waals surface area contributed by atoms with Gasteiger partial charge in [-0.2, -0.15) is 0 Å². The monoisotopic (exact) mass is 274 g/mol.